The standard InChI is InChI=1S/C22H26N4O3/c27-20(22-10-16-6-17(11-22)8-18(7-16)12-22)13-29-21(28)19(26-14-23-24-25-26)9-15-4-2-1-3-5-15/h1-5,14,16-19H,6-13H2/t16?,17?,18?,19-,22?/m1/s1. The summed E-state index contributed by atoms with van der Waals surface area (Å²) in [7, 11) is 0. The van der Waals surface area contributed by atoms with Crippen LogP contribution in [0.5, 0.6) is 0 Å². The first-order chi connectivity index (χ1) is 14.1. The van der Waals surface area contributed by atoms with Gasteiger partial charge in [0.25, 0.3) is 0 Å². The molecule has 0 amide bonds. The Kier molecular flexibility index (Phi) is 4.68. The minimum atomic E-state index is -0.684. The van der Waals surface area contributed by atoms with Crippen LogP contribution in [0.15, 0.2) is 36.7 Å². The number of ketones is 1. The molecule has 4 saturated carbocycles. The first-order valence-electron chi connectivity index (χ1n) is 10.6. The number of aromatic nitrogens is 4. The van der Waals surface area contributed by atoms with Crippen molar-refractivity contribution in [2.45, 2.75) is 51.0 Å². The molecule has 2 aromatic rings. The Bertz CT molecular complexity index is 845. The Labute approximate surface area is 169 Å². The van der Waals surface area contributed by atoms with Crippen LogP contribution < -0.4 is 0 Å². The Morgan fingerprint density at radius 1 is 1.07 bits per heavy atom. The van der Waals surface area contributed by atoms with Crippen LogP contribution in [0.1, 0.15) is 50.1 Å². The quantitative estimate of drug-likeness (QED) is 0.671. The van der Waals surface area contributed by atoms with E-state index in [9.17, 15) is 9.59 Å². The third-order valence-electron chi connectivity index (χ3n) is 7.20. The van der Waals surface area contributed by atoms with Crippen molar-refractivity contribution in [1.29, 1.82) is 0 Å². The molecule has 6 rings (SSSR count). The van der Waals surface area contributed by atoms with E-state index in [0.29, 0.717) is 24.2 Å². The summed E-state index contributed by atoms with van der Waals surface area (Å²) in [5, 5.41) is 11.2. The molecule has 7 nitrogen and oxygen atoms in total. The Morgan fingerprint density at radius 3 is 2.31 bits per heavy atom. The van der Waals surface area contributed by atoms with Gasteiger partial charge in [-0.05, 0) is 72.3 Å². The predicted molar refractivity (Wildman–Crippen MR) is 104 cm³/mol. The van der Waals surface area contributed by atoms with Crippen molar-refractivity contribution in [2.75, 3.05) is 6.61 Å². The van der Waals surface area contributed by atoms with E-state index < -0.39 is 12.0 Å². The van der Waals surface area contributed by atoms with Crippen LogP contribution in [-0.4, -0.2) is 38.6 Å². The van der Waals surface area contributed by atoms with Crippen LogP contribution in [-0.2, 0) is 20.7 Å². The van der Waals surface area contributed by atoms with E-state index in [1.807, 2.05) is 30.3 Å². The number of ether oxygens (including phenoxy) is 1. The fourth-order valence-electron chi connectivity index (χ4n) is 6.27. The molecule has 4 fully saturated rings. The van der Waals surface area contributed by atoms with E-state index in [-0.39, 0.29) is 17.8 Å². The number of carbonyl (C=O) groups is 2. The van der Waals surface area contributed by atoms with Gasteiger partial charge in [-0.1, -0.05) is 30.3 Å². The van der Waals surface area contributed by atoms with Crippen LogP contribution in [0.4, 0.5) is 0 Å². The third-order valence-corrected chi connectivity index (χ3v) is 7.20. The van der Waals surface area contributed by atoms with Gasteiger partial charge in [0.2, 0.25) is 0 Å². The molecule has 0 radical (unpaired) electrons. The van der Waals surface area contributed by atoms with Gasteiger partial charge in [0.15, 0.2) is 18.4 Å². The number of esters is 1. The van der Waals surface area contributed by atoms with Crippen molar-refractivity contribution >= 4 is 11.8 Å². The van der Waals surface area contributed by atoms with E-state index in [0.717, 1.165) is 24.8 Å². The smallest absolute Gasteiger partial charge is 0.331 e. The van der Waals surface area contributed by atoms with Gasteiger partial charge in [-0.2, -0.15) is 0 Å². The Morgan fingerprint density at radius 2 is 1.72 bits per heavy atom. The van der Waals surface area contributed by atoms with E-state index in [4.69, 9.17) is 4.74 Å². The number of hydrogen-bond acceptors (Lipinski definition) is 6. The van der Waals surface area contributed by atoms with Crippen LogP contribution in [0.3, 0.4) is 0 Å². The monoisotopic (exact) mass is 394 g/mol. The molecule has 4 aliphatic rings. The van der Waals surface area contributed by atoms with E-state index in [1.54, 1.807) is 0 Å². The van der Waals surface area contributed by atoms with E-state index >= 15 is 0 Å². The van der Waals surface area contributed by atoms with Crippen molar-refractivity contribution in [3.05, 3.63) is 42.2 Å². The lowest BCUT2D eigenvalue weighted by molar-refractivity contribution is -0.160. The lowest BCUT2D eigenvalue weighted by Crippen LogP contribution is -2.51. The SMILES string of the molecule is O=C(OCC(=O)C12CC3CC(CC(C3)C1)C2)[C@@H](Cc1ccccc1)n1cnnn1. The van der Waals surface area contributed by atoms with E-state index in [2.05, 4.69) is 15.5 Å². The van der Waals surface area contributed by atoms with Crippen molar-refractivity contribution in [3.8, 4) is 0 Å². The summed E-state index contributed by atoms with van der Waals surface area (Å²) in [6, 6.07) is 8.99. The van der Waals surface area contributed by atoms with Crippen molar-refractivity contribution in [3.63, 3.8) is 0 Å². The second-order valence-corrected chi connectivity index (χ2v) is 9.22. The van der Waals surface area contributed by atoms with Crippen LogP contribution in [0, 0.1) is 23.2 Å². The van der Waals surface area contributed by atoms with Crippen LogP contribution in [0.2, 0.25) is 0 Å². The molecule has 1 atom stereocenters. The summed E-state index contributed by atoms with van der Waals surface area (Å²) in [6.45, 7) is -0.140. The first-order valence-corrected chi connectivity index (χ1v) is 10.6. The fourth-order valence-corrected chi connectivity index (χ4v) is 6.27. The Balaban J connectivity index is 1.26. The molecule has 4 aliphatic carbocycles. The summed E-state index contributed by atoms with van der Waals surface area (Å²) in [5.41, 5.74) is 0.732. The molecule has 0 N–H and O–H groups in total. The second kappa shape index (κ2) is 7.35. The lowest BCUT2D eigenvalue weighted by Gasteiger charge is -2.55. The van der Waals surface area contributed by atoms with Crippen molar-refractivity contribution in [1.82, 2.24) is 20.2 Å². The highest BCUT2D eigenvalue weighted by molar-refractivity contribution is 5.88. The van der Waals surface area contributed by atoms with Gasteiger partial charge in [-0.15, -0.1) is 5.10 Å². The zero-order valence-corrected chi connectivity index (χ0v) is 16.4. The molecule has 1 aromatic heterocycles. The van der Waals surface area contributed by atoms with Gasteiger partial charge in [0.1, 0.15) is 6.33 Å². The number of carbonyl (C=O) groups excluding carboxylic acids is 2. The van der Waals surface area contributed by atoms with Crippen molar-refractivity contribution in [2.24, 2.45) is 23.2 Å². The highest BCUT2D eigenvalue weighted by atomic mass is 16.5. The first kappa shape index (κ1) is 18.5. The molecule has 0 spiro atoms. The van der Waals surface area contributed by atoms with Crippen LogP contribution >= 0.6 is 0 Å². The minimum Gasteiger partial charge on any atom is -0.456 e. The molecule has 4 bridgehead atoms. The largest absolute Gasteiger partial charge is 0.456 e. The number of rotatable bonds is 7. The molecule has 152 valence electrons. The molecule has 1 heterocycles. The molecular weight excluding hydrogens is 368 g/mol. The maximum atomic E-state index is 13.1. The molecule has 0 saturated heterocycles. The second-order valence-electron chi connectivity index (χ2n) is 9.22. The van der Waals surface area contributed by atoms with Gasteiger partial charge in [-0.3, -0.25) is 4.79 Å². The van der Waals surface area contributed by atoms with Gasteiger partial charge in [0.05, 0.1) is 0 Å². The zero-order chi connectivity index (χ0) is 19.8. The molecule has 29 heavy (non-hydrogen) atoms. The fraction of sp³-hybridized carbons (Fsp3) is 0.591. The molecule has 1 aromatic carbocycles. The molecule has 7 heteroatoms. The van der Waals surface area contributed by atoms with Crippen molar-refractivity contribution < 1.29 is 14.3 Å². The predicted octanol–water partition coefficient (Wildman–Crippen LogP) is 2.79. The normalized spacial score (nSPS) is 30.8. The van der Waals surface area contributed by atoms with Gasteiger partial charge >= 0.3 is 5.97 Å². The van der Waals surface area contributed by atoms with E-state index in [1.165, 1.54) is 30.3 Å². The summed E-state index contributed by atoms with van der Waals surface area (Å²) in [5.74, 6) is 1.72. The number of hydrogen-bond donors (Lipinski definition) is 0. The average molecular weight is 394 g/mol. The van der Waals surface area contributed by atoms with Gasteiger partial charge < -0.3 is 4.74 Å². The lowest BCUT2D eigenvalue weighted by atomic mass is 9.48. The maximum Gasteiger partial charge on any atom is 0.331 e. The summed E-state index contributed by atoms with van der Waals surface area (Å²) in [4.78, 5) is 26.0. The van der Waals surface area contributed by atoms with Crippen LogP contribution in [0.25, 0.3) is 0 Å². The summed E-state index contributed by atoms with van der Waals surface area (Å²) >= 11 is 0. The highest BCUT2D eigenvalue weighted by Gasteiger charge is 2.54. The Hall–Kier alpha value is -2.57. The molecular formula is C22H26N4O3. The number of nitrogens with zero attached hydrogens (tertiary/aromatic N) is 4. The third kappa shape index (κ3) is 3.58. The number of Topliss-reactive ketones (excluding diaryl/α,β-unsaturated/α-hetero) is 1. The molecule has 0 unspecified atom stereocenters. The summed E-state index contributed by atoms with van der Waals surface area (Å²) < 4.78 is 6.95. The topological polar surface area (TPSA) is 87.0 Å². The number of benzene rings is 1. The van der Waals surface area contributed by atoms with Gasteiger partial charge in [0, 0.05) is 11.8 Å². The minimum absolute atomic E-state index is 0.111. The zero-order valence-electron chi connectivity index (χ0n) is 16.4. The van der Waals surface area contributed by atoms with Gasteiger partial charge in [-0.25, -0.2) is 9.48 Å². The molecule has 0 aliphatic heterocycles. The summed E-state index contributed by atoms with van der Waals surface area (Å²) in [6.07, 6.45) is 8.62. The number of tetrazole rings is 1. The highest BCUT2D eigenvalue weighted by Crippen LogP contribution is 2.60. The average Bonchev–Trinajstić information content (AvgIpc) is 3.24. The maximum absolute atomic E-state index is 13.1.